The first-order valence-electron chi connectivity index (χ1n) is 6.12. The van der Waals surface area contributed by atoms with Gasteiger partial charge in [0.05, 0.1) is 23.6 Å². The normalized spacial score (nSPS) is 28.5. The van der Waals surface area contributed by atoms with Crippen LogP contribution in [0.4, 0.5) is 9.93 Å². The predicted octanol–water partition coefficient (Wildman–Crippen LogP) is 0.186. The lowest BCUT2D eigenvalue weighted by atomic mass is 10.2. The Morgan fingerprint density at radius 1 is 1.42 bits per heavy atom. The highest BCUT2D eigenvalue weighted by Gasteiger charge is 2.50. The van der Waals surface area contributed by atoms with Crippen molar-refractivity contribution in [3.05, 3.63) is 5.01 Å². The Hall–Kier alpha value is -1.22. The Morgan fingerprint density at radius 2 is 2.21 bits per heavy atom. The maximum absolute atomic E-state index is 11.9. The summed E-state index contributed by atoms with van der Waals surface area (Å²) < 4.78 is 23.2. The average molecular weight is 302 g/mol. The molecule has 0 bridgehead atoms. The van der Waals surface area contributed by atoms with Crippen LogP contribution >= 0.6 is 11.3 Å². The van der Waals surface area contributed by atoms with Gasteiger partial charge in [0, 0.05) is 6.42 Å². The zero-order chi connectivity index (χ0) is 13.6. The third-order valence-electron chi connectivity index (χ3n) is 3.31. The van der Waals surface area contributed by atoms with Crippen LogP contribution in [0.1, 0.15) is 18.4 Å². The molecule has 19 heavy (non-hydrogen) atoms. The van der Waals surface area contributed by atoms with Crippen molar-refractivity contribution in [2.75, 3.05) is 16.4 Å². The minimum Gasteiger partial charge on any atom is -0.332 e. The molecule has 1 aromatic heterocycles. The molecule has 0 spiro atoms. The van der Waals surface area contributed by atoms with E-state index in [1.54, 1.807) is 0 Å². The molecule has 2 amide bonds. The first-order valence-corrected chi connectivity index (χ1v) is 8.76. The van der Waals surface area contributed by atoms with Crippen molar-refractivity contribution >= 4 is 32.3 Å². The molecular weight excluding hydrogens is 288 g/mol. The summed E-state index contributed by atoms with van der Waals surface area (Å²) in [5.74, 6) is 0.0135. The smallest absolute Gasteiger partial charge is 0.324 e. The number of amides is 2. The molecule has 1 aromatic rings. The van der Waals surface area contributed by atoms with Gasteiger partial charge in [-0.3, -0.25) is 4.90 Å². The van der Waals surface area contributed by atoms with E-state index in [9.17, 15) is 13.2 Å². The van der Waals surface area contributed by atoms with Crippen LogP contribution in [0.15, 0.2) is 0 Å². The minimum atomic E-state index is -3.07. The standard InChI is InChI=1S/C10H14N4O3S2/c1-2-3-8-12-13-10(18-8)14-7-5-19(16,17)4-6(7)11-9(14)15/h6-7H,2-5H2,1H3,(H,11,15)/t6-,7-/m0/s1. The van der Waals surface area contributed by atoms with Gasteiger partial charge in [-0.15, -0.1) is 10.2 Å². The van der Waals surface area contributed by atoms with Gasteiger partial charge in [0.25, 0.3) is 0 Å². The lowest BCUT2D eigenvalue weighted by Gasteiger charge is -2.16. The maximum atomic E-state index is 11.9. The molecule has 0 saturated carbocycles. The lowest BCUT2D eigenvalue weighted by Crippen LogP contribution is -2.36. The molecule has 1 N–H and O–H groups in total. The van der Waals surface area contributed by atoms with Crippen molar-refractivity contribution in [3.8, 4) is 0 Å². The van der Waals surface area contributed by atoms with Gasteiger partial charge in [0.15, 0.2) is 9.84 Å². The van der Waals surface area contributed by atoms with Gasteiger partial charge in [-0.2, -0.15) is 0 Å². The van der Waals surface area contributed by atoms with Crippen LogP contribution in [0.3, 0.4) is 0 Å². The fourth-order valence-electron chi connectivity index (χ4n) is 2.49. The molecule has 0 unspecified atom stereocenters. The predicted molar refractivity (Wildman–Crippen MR) is 71.1 cm³/mol. The largest absolute Gasteiger partial charge is 0.332 e. The Bertz CT molecular complexity index is 612. The van der Waals surface area contributed by atoms with E-state index in [-0.39, 0.29) is 29.6 Å². The molecule has 0 aliphatic carbocycles. The monoisotopic (exact) mass is 302 g/mol. The number of nitrogens with one attached hydrogen (secondary N) is 1. The van der Waals surface area contributed by atoms with Gasteiger partial charge in [0.1, 0.15) is 5.01 Å². The first kappa shape index (κ1) is 12.8. The molecule has 0 aromatic carbocycles. The lowest BCUT2D eigenvalue weighted by molar-refractivity contribution is 0.251. The van der Waals surface area contributed by atoms with Gasteiger partial charge >= 0.3 is 6.03 Å². The van der Waals surface area contributed by atoms with Crippen LogP contribution in [0.25, 0.3) is 0 Å². The third kappa shape index (κ3) is 2.20. The van der Waals surface area contributed by atoms with Crippen LogP contribution < -0.4 is 10.2 Å². The maximum Gasteiger partial charge on any atom is 0.324 e. The van der Waals surface area contributed by atoms with E-state index in [4.69, 9.17) is 0 Å². The van der Waals surface area contributed by atoms with Crippen LogP contribution in [0.2, 0.25) is 0 Å². The zero-order valence-electron chi connectivity index (χ0n) is 10.4. The molecular formula is C10H14N4O3S2. The number of urea groups is 1. The fraction of sp³-hybridized carbons (Fsp3) is 0.700. The number of fused-ring (bicyclic) bond motifs is 1. The van der Waals surface area contributed by atoms with Gasteiger partial charge < -0.3 is 5.32 Å². The van der Waals surface area contributed by atoms with E-state index in [0.29, 0.717) is 5.13 Å². The molecule has 7 nitrogen and oxygen atoms in total. The SMILES string of the molecule is CCCc1nnc(N2C(=O)N[C@H]3CS(=O)(=O)C[C@@H]32)s1. The van der Waals surface area contributed by atoms with Gasteiger partial charge in [-0.1, -0.05) is 18.3 Å². The van der Waals surface area contributed by atoms with Gasteiger partial charge in [-0.25, -0.2) is 13.2 Å². The minimum absolute atomic E-state index is 0.000895. The average Bonchev–Trinajstić information content (AvgIpc) is 2.92. The van der Waals surface area contributed by atoms with E-state index in [1.807, 2.05) is 6.92 Å². The Balaban J connectivity index is 1.88. The summed E-state index contributed by atoms with van der Waals surface area (Å²) in [7, 11) is -3.07. The molecule has 3 heterocycles. The molecule has 2 aliphatic rings. The van der Waals surface area contributed by atoms with E-state index in [0.717, 1.165) is 17.8 Å². The number of hydrogen-bond donors (Lipinski definition) is 1. The summed E-state index contributed by atoms with van der Waals surface area (Å²) in [5, 5.41) is 12.1. The number of aryl methyl sites for hydroxylation is 1. The van der Waals surface area contributed by atoms with Crippen molar-refractivity contribution in [3.63, 3.8) is 0 Å². The second-order valence-electron chi connectivity index (χ2n) is 4.80. The van der Waals surface area contributed by atoms with E-state index in [1.165, 1.54) is 16.2 Å². The van der Waals surface area contributed by atoms with Gasteiger partial charge in [-0.05, 0) is 6.42 Å². The summed E-state index contributed by atoms with van der Waals surface area (Å²) in [6.07, 6.45) is 1.78. The highest BCUT2D eigenvalue weighted by molar-refractivity contribution is 7.91. The van der Waals surface area contributed by atoms with E-state index in [2.05, 4.69) is 15.5 Å². The number of nitrogens with zero attached hydrogens (tertiary/aromatic N) is 3. The number of carbonyl (C=O) groups is 1. The number of carbonyl (C=O) groups excluding carboxylic acids is 1. The summed E-state index contributed by atoms with van der Waals surface area (Å²) in [4.78, 5) is 13.4. The summed E-state index contributed by atoms with van der Waals surface area (Å²) in [6, 6.07) is -0.944. The van der Waals surface area contributed by atoms with Crippen LogP contribution in [0.5, 0.6) is 0 Å². The van der Waals surface area contributed by atoms with E-state index >= 15 is 0 Å². The third-order valence-corrected chi connectivity index (χ3v) is 6.01. The Kier molecular flexibility index (Phi) is 2.97. The molecule has 2 saturated heterocycles. The van der Waals surface area contributed by atoms with Crippen molar-refractivity contribution in [2.24, 2.45) is 0 Å². The van der Waals surface area contributed by atoms with Crippen molar-refractivity contribution in [1.29, 1.82) is 0 Å². The molecule has 2 atom stereocenters. The molecule has 9 heteroatoms. The number of hydrogen-bond acceptors (Lipinski definition) is 6. The second kappa shape index (κ2) is 4.41. The van der Waals surface area contributed by atoms with Gasteiger partial charge in [0.2, 0.25) is 5.13 Å². The Labute approximate surface area is 114 Å². The fourth-order valence-corrected chi connectivity index (χ4v) is 5.37. The summed E-state index contributed by atoms with van der Waals surface area (Å²) in [6.45, 7) is 2.04. The zero-order valence-corrected chi connectivity index (χ0v) is 12.0. The topological polar surface area (TPSA) is 92.3 Å². The summed E-state index contributed by atoms with van der Waals surface area (Å²) in [5.41, 5.74) is 0. The molecule has 0 radical (unpaired) electrons. The highest BCUT2D eigenvalue weighted by atomic mass is 32.2. The molecule has 104 valence electrons. The summed E-state index contributed by atoms with van der Waals surface area (Å²) >= 11 is 1.36. The van der Waals surface area contributed by atoms with Crippen LogP contribution in [-0.2, 0) is 16.3 Å². The molecule has 2 fully saturated rings. The van der Waals surface area contributed by atoms with Crippen molar-refractivity contribution < 1.29 is 13.2 Å². The second-order valence-corrected chi connectivity index (χ2v) is 7.99. The number of sulfone groups is 1. The first-order chi connectivity index (χ1) is 9.00. The number of rotatable bonds is 3. The quantitative estimate of drug-likeness (QED) is 0.804. The number of anilines is 1. The molecule has 3 rings (SSSR count). The Morgan fingerprint density at radius 3 is 2.95 bits per heavy atom. The number of aromatic nitrogens is 2. The van der Waals surface area contributed by atoms with Crippen LogP contribution in [-0.4, -0.2) is 48.2 Å². The molecule has 2 aliphatic heterocycles. The van der Waals surface area contributed by atoms with E-state index < -0.39 is 9.84 Å². The van der Waals surface area contributed by atoms with Crippen molar-refractivity contribution in [2.45, 2.75) is 31.8 Å². The van der Waals surface area contributed by atoms with Crippen molar-refractivity contribution in [1.82, 2.24) is 15.5 Å². The highest BCUT2D eigenvalue weighted by Crippen LogP contribution is 2.31. The van der Waals surface area contributed by atoms with Crippen LogP contribution in [0, 0.1) is 0 Å².